The van der Waals surface area contributed by atoms with Crippen molar-refractivity contribution in [2.24, 2.45) is 5.92 Å². The van der Waals surface area contributed by atoms with E-state index in [0.717, 1.165) is 17.7 Å². The van der Waals surface area contributed by atoms with Crippen LogP contribution >= 0.6 is 0 Å². The molecule has 8 nitrogen and oxygen atoms in total. The Bertz CT molecular complexity index is 1220. The lowest BCUT2D eigenvalue weighted by atomic mass is 9.99. The van der Waals surface area contributed by atoms with Crippen molar-refractivity contribution in [1.29, 1.82) is 0 Å². The Morgan fingerprint density at radius 1 is 0.951 bits per heavy atom. The predicted molar refractivity (Wildman–Crippen MR) is 160 cm³/mol. The normalized spacial score (nSPS) is 16.7. The van der Waals surface area contributed by atoms with E-state index < -0.39 is 10.0 Å². The van der Waals surface area contributed by atoms with Gasteiger partial charge >= 0.3 is 0 Å². The first-order valence-electron chi connectivity index (χ1n) is 15.1. The molecule has 1 heterocycles. The van der Waals surface area contributed by atoms with Crippen molar-refractivity contribution in [2.45, 2.75) is 82.2 Å². The molecule has 1 aliphatic carbocycles. The van der Waals surface area contributed by atoms with Crippen LogP contribution in [0.3, 0.4) is 0 Å². The van der Waals surface area contributed by atoms with Crippen LogP contribution in [0.15, 0.2) is 59.5 Å². The number of carbonyl (C=O) groups is 2. The van der Waals surface area contributed by atoms with Gasteiger partial charge in [0.2, 0.25) is 21.8 Å². The van der Waals surface area contributed by atoms with E-state index in [0.29, 0.717) is 51.2 Å². The summed E-state index contributed by atoms with van der Waals surface area (Å²) in [6.45, 7) is 3.54. The number of carbonyl (C=O) groups excluding carboxylic acids is 2. The minimum atomic E-state index is -3.82. The number of amides is 2. The third-order valence-corrected chi connectivity index (χ3v) is 10.4. The van der Waals surface area contributed by atoms with Gasteiger partial charge in [0.1, 0.15) is 5.75 Å². The lowest BCUT2D eigenvalue weighted by molar-refractivity contribution is -0.137. The molecule has 2 aromatic rings. The highest BCUT2D eigenvalue weighted by atomic mass is 32.2. The van der Waals surface area contributed by atoms with Crippen LogP contribution in [0, 0.1) is 5.92 Å². The molecule has 0 unspecified atom stereocenters. The number of benzene rings is 2. The Morgan fingerprint density at radius 2 is 1.61 bits per heavy atom. The first-order valence-corrected chi connectivity index (χ1v) is 16.5. The number of sulfonamides is 1. The number of piperidine rings is 1. The van der Waals surface area contributed by atoms with Crippen molar-refractivity contribution in [3.8, 4) is 5.75 Å². The molecule has 0 atom stereocenters. The molecule has 0 N–H and O–H groups in total. The second-order valence-corrected chi connectivity index (χ2v) is 13.3. The van der Waals surface area contributed by atoms with Gasteiger partial charge in [-0.1, -0.05) is 62.9 Å². The fraction of sp³-hybridized carbons (Fsp3) is 0.562. The van der Waals surface area contributed by atoms with Crippen LogP contribution in [0.2, 0.25) is 0 Å². The molecular formula is C32H45N3O5S. The van der Waals surface area contributed by atoms with Gasteiger partial charge in [-0.05, 0) is 61.4 Å². The average molecular weight is 584 g/mol. The first kappa shape index (κ1) is 31.0. The maximum absolute atomic E-state index is 13.9. The molecule has 0 spiro atoms. The van der Waals surface area contributed by atoms with Crippen molar-refractivity contribution in [3.05, 3.63) is 60.2 Å². The lowest BCUT2D eigenvalue weighted by Gasteiger charge is -2.39. The molecule has 0 radical (unpaired) electrons. The summed E-state index contributed by atoms with van der Waals surface area (Å²) in [6, 6.07) is 15.8. The second-order valence-electron chi connectivity index (χ2n) is 11.3. The zero-order valence-corrected chi connectivity index (χ0v) is 25.4. The maximum Gasteiger partial charge on any atom is 0.243 e. The van der Waals surface area contributed by atoms with Gasteiger partial charge in [0, 0.05) is 38.6 Å². The molecule has 2 aliphatic rings. The zero-order valence-electron chi connectivity index (χ0n) is 24.5. The second kappa shape index (κ2) is 14.8. The van der Waals surface area contributed by atoms with Crippen molar-refractivity contribution in [3.63, 3.8) is 0 Å². The van der Waals surface area contributed by atoms with E-state index >= 15 is 0 Å². The van der Waals surface area contributed by atoms with E-state index in [-0.39, 0.29) is 35.8 Å². The van der Waals surface area contributed by atoms with Gasteiger partial charge in [-0.3, -0.25) is 9.59 Å². The molecule has 4 rings (SSSR count). The molecule has 2 amide bonds. The van der Waals surface area contributed by atoms with E-state index in [4.69, 9.17) is 4.74 Å². The Labute approximate surface area is 245 Å². The molecule has 0 aromatic heterocycles. The third kappa shape index (κ3) is 8.32. The van der Waals surface area contributed by atoms with Gasteiger partial charge in [0.05, 0.1) is 18.6 Å². The summed E-state index contributed by atoms with van der Waals surface area (Å²) in [7, 11) is -2.21. The van der Waals surface area contributed by atoms with E-state index in [2.05, 4.69) is 0 Å². The van der Waals surface area contributed by atoms with E-state index in [1.165, 1.54) is 30.0 Å². The maximum atomic E-state index is 13.9. The molecule has 0 bridgehead atoms. The van der Waals surface area contributed by atoms with Gasteiger partial charge in [0.25, 0.3) is 0 Å². The van der Waals surface area contributed by atoms with Crippen LogP contribution in [-0.2, 0) is 26.2 Å². The summed E-state index contributed by atoms with van der Waals surface area (Å²) in [4.78, 5) is 30.8. The molecule has 1 saturated heterocycles. The molecule has 2 fully saturated rings. The third-order valence-electron chi connectivity index (χ3n) is 8.50. The standard InChI is InChI=1S/C32H45N3O5S/c1-3-21-34(41(38,39)30-11-5-4-6-12-30)25-32(37)35(24-27-13-16-29(40-2)17-14-27)28-19-22-33(23-20-28)31(36)18-15-26-9-7-8-10-26/h4-6,11-14,16-17,26,28H,3,7-10,15,18-25H2,1-2H3. The fourth-order valence-corrected chi connectivity index (χ4v) is 7.58. The molecule has 224 valence electrons. The van der Waals surface area contributed by atoms with Gasteiger partial charge in [-0.2, -0.15) is 4.31 Å². The number of rotatable bonds is 13. The topological polar surface area (TPSA) is 87.2 Å². The van der Waals surface area contributed by atoms with E-state index in [1.807, 2.05) is 41.0 Å². The average Bonchev–Trinajstić information content (AvgIpc) is 3.53. The highest BCUT2D eigenvalue weighted by Crippen LogP contribution is 2.29. The number of nitrogens with zero attached hydrogens (tertiary/aromatic N) is 3. The monoisotopic (exact) mass is 583 g/mol. The highest BCUT2D eigenvalue weighted by molar-refractivity contribution is 7.89. The van der Waals surface area contributed by atoms with Crippen molar-refractivity contribution < 1.29 is 22.7 Å². The zero-order chi connectivity index (χ0) is 29.2. The van der Waals surface area contributed by atoms with Crippen LogP contribution in [-0.4, -0.2) is 73.7 Å². The fourth-order valence-electron chi connectivity index (χ4n) is 6.08. The molecular weight excluding hydrogens is 538 g/mol. The minimum absolute atomic E-state index is 0.0774. The van der Waals surface area contributed by atoms with Gasteiger partial charge < -0.3 is 14.5 Å². The summed E-state index contributed by atoms with van der Waals surface area (Å²) in [6.07, 6.45) is 8.58. The number of likely N-dealkylation sites (tertiary alicyclic amines) is 1. The summed E-state index contributed by atoms with van der Waals surface area (Å²) in [5, 5.41) is 0. The minimum Gasteiger partial charge on any atom is -0.497 e. The summed E-state index contributed by atoms with van der Waals surface area (Å²) in [5.74, 6) is 1.41. The van der Waals surface area contributed by atoms with Crippen molar-refractivity contribution >= 4 is 21.8 Å². The predicted octanol–water partition coefficient (Wildman–Crippen LogP) is 5.09. The number of hydrogen-bond donors (Lipinski definition) is 0. The summed E-state index contributed by atoms with van der Waals surface area (Å²) in [5.41, 5.74) is 0.946. The summed E-state index contributed by atoms with van der Waals surface area (Å²) < 4.78 is 33.5. The first-order chi connectivity index (χ1) is 19.8. The smallest absolute Gasteiger partial charge is 0.243 e. The molecule has 9 heteroatoms. The van der Waals surface area contributed by atoms with Crippen LogP contribution in [0.5, 0.6) is 5.75 Å². The Kier molecular flexibility index (Phi) is 11.2. The van der Waals surface area contributed by atoms with Crippen molar-refractivity contribution in [2.75, 3.05) is 33.3 Å². The van der Waals surface area contributed by atoms with Gasteiger partial charge in [-0.15, -0.1) is 0 Å². The molecule has 41 heavy (non-hydrogen) atoms. The van der Waals surface area contributed by atoms with Crippen LogP contribution in [0.25, 0.3) is 0 Å². The lowest BCUT2D eigenvalue weighted by Crippen LogP contribution is -2.51. The largest absolute Gasteiger partial charge is 0.497 e. The van der Waals surface area contributed by atoms with E-state index in [1.54, 1.807) is 37.4 Å². The Hall–Kier alpha value is -2.91. The molecule has 1 aliphatic heterocycles. The van der Waals surface area contributed by atoms with Crippen molar-refractivity contribution in [1.82, 2.24) is 14.1 Å². The summed E-state index contributed by atoms with van der Waals surface area (Å²) >= 11 is 0. The number of methoxy groups -OCH3 is 1. The van der Waals surface area contributed by atoms with Crippen LogP contribution in [0.1, 0.15) is 70.3 Å². The van der Waals surface area contributed by atoms with E-state index in [9.17, 15) is 18.0 Å². The van der Waals surface area contributed by atoms with Crippen LogP contribution in [0.4, 0.5) is 0 Å². The number of ether oxygens (including phenoxy) is 1. The van der Waals surface area contributed by atoms with Gasteiger partial charge in [-0.25, -0.2) is 8.42 Å². The highest BCUT2D eigenvalue weighted by Gasteiger charge is 2.33. The van der Waals surface area contributed by atoms with Crippen LogP contribution < -0.4 is 4.74 Å². The number of hydrogen-bond acceptors (Lipinski definition) is 5. The quantitative estimate of drug-likeness (QED) is 0.328. The Balaban J connectivity index is 1.46. The SMILES string of the molecule is CCCN(CC(=O)N(Cc1ccc(OC)cc1)C1CCN(C(=O)CCC2CCCC2)CC1)S(=O)(=O)c1ccccc1. The molecule has 1 saturated carbocycles. The molecule has 2 aromatic carbocycles. The Morgan fingerprint density at radius 3 is 2.22 bits per heavy atom. The van der Waals surface area contributed by atoms with Gasteiger partial charge in [0.15, 0.2) is 0 Å².